The van der Waals surface area contributed by atoms with E-state index in [0.717, 1.165) is 5.56 Å². The number of aliphatic hydroxyl groups is 1. The Bertz CT molecular complexity index is 1310. The molecule has 3 N–H and O–H groups in total. The molecule has 0 bridgehead atoms. The number of nitrogens with zero attached hydrogens (tertiary/aromatic N) is 3. The molecule has 4 rings (SSSR count). The molecule has 8 heteroatoms. The van der Waals surface area contributed by atoms with E-state index in [9.17, 15) is 14.8 Å². The van der Waals surface area contributed by atoms with Crippen molar-refractivity contribution in [1.82, 2.24) is 9.97 Å². The predicted molar refractivity (Wildman–Crippen MR) is 123 cm³/mol. The molecule has 32 heavy (non-hydrogen) atoms. The molecule has 0 saturated heterocycles. The van der Waals surface area contributed by atoms with Gasteiger partial charge in [-0.25, -0.2) is 9.37 Å². The highest BCUT2D eigenvalue weighted by Crippen LogP contribution is 2.31. The molecule has 0 aliphatic rings. The van der Waals surface area contributed by atoms with Crippen LogP contribution in [0.25, 0.3) is 10.9 Å². The maximum atomic E-state index is 13.5. The van der Waals surface area contributed by atoms with E-state index >= 15 is 0 Å². The average Bonchev–Trinajstić information content (AvgIpc) is 2.81. The van der Waals surface area contributed by atoms with Crippen molar-refractivity contribution in [3.05, 3.63) is 89.0 Å². The topological polar surface area (TPSA) is 93.9 Å². The van der Waals surface area contributed by atoms with Crippen LogP contribution in [0, 0.1) is 17.1 Å². The van der Waals surface area contributed by atoms with E-state index < -0.39 is 11.9 Å². The van der Waals surface area contributed by atoms with Crippen LogP contribution in [0.2, 0.25) is 5.02 Å². The van der Waals surface area contributed by atoms with Crippen molar-refractivity contribution in [3.63, 3.8) is 0 Å². The van der Waals surface area contributed by atoms with Gasteiger partial charge in [-0.3, -0.25) is 4.98 Å². The van der Waals surface area contributed by atoms with Crippen LogP contribution in [0.15, 0.2) is 67.0 Å². The van der Waals surface area contributed by atoms with Crippen molar-refractivity contribution in [2.24, 2.45) is 0 Å². The first kappa shape index (κ1) is 21.5. The fourth-order valence-corrected chi connectivity index (χ4v) is 3.54. The maximum Gasteiger partial charge on any atom is 0.141 e. The molecule has 6 nitrogen and oxygen atoms in total. The van der Waals surface area contributed by atoms with Crippen LogP contribution in [0.3, 0.4) is 0 Å². The monoisotopic (exact) mass is 447 g/mol. The molecule has 0 aliphatic carbocycles. The first-order chi connectivity index (χ1) is 15.5. The molecule has 2 aromatic heterocycles. The van der Waals surface area contributed by atoms with E-state index in [1.165, 1.54) is 24.4 Å². The summed E-state index contributed by atoms with van der Waals surface area (Å²) in [5.74, 6) is -0.0176. The molecular formula is C24H19ClFN5O. The first-order valence-electron chi connectivity index (χ1n) is 9.86. The number of aromatic nitrogens is 2. The summed E-state index contributed by atoms with van der Waals surface area (Å²) in [4.78, 5) is 8.69. The van der Waals surface area contributed by atoms with Crippen molar-refractivity contribution in [1.29, 1.82) is 5.26 Å². The Morgan fingerprint density at radius 1 is 1.09 bits per heavy atom. The van der Waals surface area contributed by atoms with Gasteiger partial charge in [0, 0.05) is 17.3 Å². The van der Waals surface area contributed by atoms with Crippen LogP contribution in [0.1, 0.15) is 24.2 Å². The molecule has 2 aromatic carbocycles. The minimum atomic E-state index is -0.740. The second-order valence-electron chi connectivity index (χ2n) is 7.29. The molecular weight excluding hydrogens is 429 g/mol. The number of nitriles is 1. The molecule has 0 unspecified atom stereocenters. The summed E-state index contributed by atoms with van der Waals surface area (Å²) >= 11 is 5.90. The SMILES string of the molecule is C[C@@H](Nc1cc2c(Nc3ccc(F)c(Cl)c3)c(C#N)cnc2cn1)[C@H](O)c1ccccc1. The van der Waals surface area contributed by atoms with Crippen molar-refractivity contribution in [2.75, 3.05) is 10.6 Å². The zero-order valence-corrected chi connectivity index (χ0v) is 17.8. The van der Waals surface area contributed by atoms with Crippen LogP contribution in [-0.2, 0) is 0 Å². The largest absolute Gasteiger partial charge is 0.386 e. The van der Waals surface area contributed by atoms with Gasteiger partial charge in [-0.2, -0.15) is 5.26 Å². The van der Waals surface area contributed by atoms with Gasteiger partial charge in [-0.15, -0.1) is 0 Å². The van der Waals surface area contributed by atoms with Crippen LogP contribution < -0.4 is 10.6 Å². The van der Waals surface area contributed by atoms with Gasteiger partial charge in [0.15, 0.2) is 0 Å². The fraction of sp³-hybridized carbons (Fsp3) is 0.125. The van der Waals surface area contributed by atoms with Crippen LogP contribution in [0.4, 0.5) is 21.6 Å². The van der Waals surface area contributed by atoms with Gasteiger partial charge in [0.2, 0.25) is 0 Å². The van der Waals surface area contributed by atoms with Crippen molar-refractivity contribution < 1.29 is 9.50 Å². The minimum Gasteiger partial charge on any atom is -0.386 e. The molecule has 0 radical (unpaired) electrons. The van der Waals surface area contributed by atoms with Gasteiger partial charge in [-0.1, -0.05) is 41.9 Å². The van der Waals surface area contributed by atoms with Crippen molar-refractivity contribution in [2.45, 2.75) is 19.1 Å². The zero-order valence-electron chi connectivity index (χ0n) is 17.1. The van der Waals surface area contributed by atoms with E-state index in [1.807, 2.05) is 37.3 Å². The number of aliphatic hydroxyl groups excluding tert-OH is 1. The average molecular weight is 448 g/mol. The lowest BCUT2D eigenvalue weighted by Gasteiger charge is -2.21. The van der Waals surface area contributed by atoms with Gasteiger partial charge in [0.1, 0.15) is 17.7 Å². The van der Waals surface area contributed by atoms with Crippen molar-refractivity contribution >= 4 is 39.7 Å². The summed E-state index contributed by atoms with van der Waals surface area (Å²) < 4.78 is 13.5. The number of anilines is 3. The minimum absolute atomic E-state index is 0.0281. The smallest absolute Gasteiger partial charge is 0.141 e. The standard InChI is InChI=1S/C24H19ClFN5O/c1-14(24(32)15-5-3-2-4-6-15)30-22-10-18-21(13-29-22)28-12-16(11-27)23(18)31-17-7-8-20(26)19(25)9-17/h2-10,12-14,24,32H,1H3,(H,28,31)(H,29,30)/t14-,24+/m1/s1. The summed E-state index contributed by atoms with van der Waals surface area (Å²) in [7, 11) is 0. The van der Waals surface area contributed by atoms with Gasteiger partial charge < -0.3 is 15.7 Å². The van der Waals surface area contributed by atoms with E-state index in [0.29, 0.717) is 33.7 Å². The Morgan fingerprint density at radius 3 is 2.59 bits per heavy atom. The Kier molecular flexibility index (Phi) is 6.17. The number of fused-ring (bicyclic) bond motifs is 1. The lowest BCUT2D eigenvalue weighted by Crippen LogP contribution is -2.24. The Balaban J connectivity index is 1.68. The summed E-state index contributed by atoms with van der Waals surface area (Å²) in [6.45, 7) is 1.85. The predicted octanol–water partition coefficient (Wildman–Crippen LogP) is 5.57. The Morgan fingerprint density at radius 2 is 1.88 bits per heavy atom. The lowest BCUT2D eigenvalue weighted by molar-refractivity contribution is 0.160. The fourth-order valence-electron chi connectivity index (χ4n) is 3.36. The highest BCUT2D eigenvalue weighted by atomic mass is 35.5. The second-order valence-corrected chi connectivity index (χ2v) is 7.69. The number of nitrogens with one attached hydrogen (secondary N) is 2. The van der Waals surface area contributed by atoms with Gasteiger partial charge in [-0.05, 0) is 36.8 Å². The summed E-state index contributed by atoms with van der Waals surface area (Å²) in [6, 6.07) is 17.1. The van der Waals surface area contributed by atoms with E-state index in [1.54, 1.807) is 12.3 Å². The summed E-state index contributed by atoms with van der Waals surface area (Å²) in [5.41, 5.74) is 2.70. The first-order valence-corrected chi connectivity index (χ1v) is 10.2. The third kappa shape index (κ3) is 4.47. The van der Waals surface area contributed by atoms with Crippen molar-refractivity contribution in [3.8, 4) is 6.07 Å². The zero-order chi connectivity index (χ0) is 22.7. The number of halogens is 2. The molecule has 2 atom stereocenters. The quantitative estimate of drug-likeness (QED) is 0.357. The van der Waals surface area contributed by atoms with Gasteiger partial charge in [0.25, 0.3) is 0 Å². The normalized spacial score (nSPS) is 12.7. The summed E-state index contributed by atoms with van der Waals surface area (Å²) in [5, 5.41) is 27.2. The number of rotatable bonds is 6. The van der Waals surface area contributed by atoms with E-state index in [4.69, 9.17) is 11.6 Å². The van der Waals surface area contributed by atoms with Gasteiger partial charge >= 0.3 is 0 Å². The Hall–Kier alpha value is -3.73. The molecule has 2 heterocycles. The van der Waals surface area contributed by atoms with Gasteiger partial charge in [0.05, 0.1) is 40.1 Å². The maximum absolute atomic E-state index is 13.5. The molecule has 0 spiro atoms. The van der Waals surface area contributed by atoms with Crippen LogP contribution >= 0.6 is 11.6 Å². The number of hydrogen-bond donors (Lipinski definition) is 3. The highest BCUT2D eigenvalue weighted by Gasteiger charge is 2.18. The highest BCUT2D eigenvalue weighted by molar-refractivity contribution is 6.31. The number of pyridine rings is 2. The Labute approximate surface area is 189 Å². The molecule has 160 valence electrons. The molecule has 0 saturated carbocycles. The van der Waals surface area contributed by atoms with E-state index in [2.05, 4.69) is 26.7 Å². The molecule has 4 aromatic rings. The van der Waals surface area contributed by atoms with E-state index in [-0.39, 0.29) is 11.1 Å². The number of benzene rings is 2. The molecule has 0 aliphatic heterocycles. The van der Waals surface area contributed by atoms with Crippen LogP contribution in [-0.4, -0.2) is 21.1 Å². The molecule has 0 amide bonds. The lowest BCUT2D eigenvalue weighted by atomic mass is 10.0. The third-order valence-electron chi connectivity index (χ3n) is 5.05. The third-order valence-corrected chi connectivity index (χ3v) is 5.34. The van der Waals surface area contributed by atoms with Crippen LogP contribution in [0.5, 0.6) is 0 Å². The number of hydrogen-bond acceptors (Lipinski definition) is 6. The molecule has 0 fully saturated rings. The summed E-state index contributed by atoms with van der Waals surface area (Å²) in [6.07, 6.45) is 2.30. The second kappa shape index (κ2) is 9.18.